The smallest absolute Gasteiger partial charge is 0.141 e. The maximum atomic E-state index is 6.63. The highest BCUT2D eigenvalue weighted by Crippen LogP contribution is 2.55. The van der Waals surface area contributed by atoms with E-state index < -0.39 is 0 Å². The van der Waals surface area contributed by atoms with E-state index >= 15 is 0 Å². The fourth-order valence-electron chi connectivity index (χ4n) is 5.87. The van der Waals surface area contributed by atoms with Crippen molar-refractivity contribution in [1.82, 2.24) is 4.98 Å². The lowest BCUT2D eigenvalue weighted by Gasteiger charge is -2.36. The monoisotopic (exact) mass is 431 g/mol. The summed E-state index contributed by atoms with van der Waals surface area (Å²) in [6.07, 6.45) is 0. The highest BCUT2D eigenvalue weighted by molar-refractivity contribution is 6.15. The van der Waals surface area contributed by atoms with Gasteiger partial charge in [0, 0.05) is 33.1 Å². The fraction of sp³-hybridized carbons (Fsp3) is 0.200. The first-order valence-electron chi connectivity index (χ1n) is 11.5. The Morgan fingerprint density at radius 2 is 0.939 bits per heavy atom. The van der Waals surface area contributed by atoms with E-state index in [-0.39, 0.29) is 10.8 Å². The molecule has 162 valence electrons. The van der Waals surface area contributed by atoms with Crippen LogP contribution in [-0.2, 0) is 10.8 Å². The molecule has 3 heterocycles. The van der Waals surface area contributed by atoms with Crippen molar-refractivity contribution in [2.24, 2.45) is 0 Å². The highest BCUT2D eigenvalue weighted by Gasteiger charge is 2.38. The molecule has 0 amide bonds. The molecule has 0 spiro atoms. The summed E-state index contributed by atoms with van der Waals surface area (Å²) < 4.78 is 13.3. The SMILES string of the molecule is CC1(C)c2ccccc2Oc2c1ccc1[nH]c3ccc4c(c3c21)Oc1ccccc1C4(C)C. The largest absolute Gasteiger partial charge is 0.456 e. The van der Waals surface area contributed by atoms with Crippen molar-refractivity contribution in [2.75, 3.05) is 0 Å². The van der Waals surface area contributed by atoms with E-state index in [0.717, 1.165) is 44.8 Å². The number of hydrogen-bond acceptors (Lipinski definition) is 2. The predicted molar refractivity (Wildman–Crippen MR) is 133 cm³/mol. The van der Waals surface area contributed by atoms with Crippen LogP contribution in [0.5, 0.6) is 23.0 Å². The first-order valence-corrected chi connectivity index (χ1v) is 11.5. The zero-order valence-corrected chi connectivity index (χ0v) is 19.2. The summed E-state index contributed by atoms with van der Waals surface area (Å²) in [4.78, 5) is 3.62. The number of nitrogens with one attached hydrogen (secondary N) is 1. The van der Waals surface area contributed by atoms with Crippen LogP contribution in [0.15, 0.2) is 72.8 Å². The van der Waals surface area contributed by atoms with Gasteiger partial charge in [0.25, 0.3) is 0 Å². The van der Waals surface area contributed by atoms with Gasteiger partial charge >= 0.3 is 0 Å². The van der Waals surface area contributed by atoms with Crippen molar-refractivity contribution in [1.29, 1.82) is 0 Å². The van der Waals surface area contributed by atoms with E-state index in [0.29, 0.717) is 0 Å². The van der Waals surface area contributed by atoms with Gasteiger partial charge in [0.2, 0.25) is 0 Å². The number of ether oxygens (including phenoxy) is 2. The molecule has 7 rings (SSSR count). The molecule has 0 bridgehead atoms. The van der Waals surface area contributed by atoms with E-state index in [1.807, 2.05) is 12.1 Å². The number of aromatic amines is 1. The van der Waals surface area contributed by atoms with Crippen LogP contribution in [0.4, 0.5) is 0 Å². The molecule has 33 heavy (non-hydrogen) atoms. The van der Waals surface area contributed by atoms with Gasteiger partial charge in [-0.1, -0.05) is 76.2 Å². The molecule has 0 unspecified atom stereocenters. The van der Waals surface area contributed by atoms with Gasteiger partial charge in [-0.15, -0.1) is 0 Å². The van der Waals surface area contributed by atoms with Crippen molar-refractivity contribution < 1.29 is 9.47 Å². The minimum absolute atomic E-state index is 0.163. The third-order valence-electron chi connectivity index (χ3n) is 7.73. The summed E-state index contributed by atoms with van der Waals surface area (Å²) in [5.41, 5.74) is 6.62. The summed E-state index contributed by atoms with van der Waals surface area (Å²) in [5, 5.41) is 2.19. The summed E-state index contributed by atoms with van der Waals surface area (Å²) in [6, 6.07) is 25.5. The maximum absolute atomic E-state index is 6.63. The molecule has 2 aliphatic heterocycles. The Balaban J connectivity index is 1.59. The highest BCUT2D eigenvalue weighted by atomic mass is 16.5. The molecule has 0 atom stereocenters. The number of hydrogen-bond donors (Lipinski definition) is 1. The van der Waals surface area contributed by atoms with E-state index in [1.54, 1.807) is 0 Å². The number of H-pyrrole nitrogens is 1. The van der Waals surface area contributed by atoms with Crippen LogP contribution >= 0.6 is 0 Å². The van der Waals surface area contributed by atoms with Gasteiger partial charge in [-0.2, -0.15) is 0 Å². The lowest BCUT2D eigenvalue weighted by Crippen LogP contribution is -2.24. The van der Waals surface area contributed by atoms with Crippen LogP contribution in [0.3, 0.4) is 0 Å². The Morgan fingerprint density at radius 1 is 0.515 bits per heavy atom. The van der Waals surface area contributed by atoms with Gasteiger partial charge in [-0.3, -0.25) is 0 Å². The summed E-state index contributed by atoms with van der Waals surface area (Å²) in [6.45, 7) is 9.11. The van der Waals surface area contributed by atoms with E-state index in [2.05, 4.69) is 93.3 Å². The van der Waals surface area contributed by atoms with E-state index in [4.69, 9.17) is 9.47 Å². The molecule has 4 aromatic carbocycles. The second kappa shape index (κ2) is 5.99. The quantitative estimate of drug-likeness (QED) is 0.268. The first-order chi connectivity index (χ1) is 15.9. The molecule has 0 aliphatic carbocycles. The van der Waals surface area contributed by atoms with Crippen LogP contribution in [0, 0.1) is 0 Å². The summed E-state index contributed by atoms with van der Waals surface area (Å²) in [5.74, 6) is 3.70. The molecule has 1 N–H and O–H groups in total. The lowest BCUT2D eigenvalue weighted by atomic mass is 9.74. The minimum atomic E-state index is -0.163. The minimum Gasteiger partial charge on any atom is -0.456 e. The van der Waals surface area contributed by atoms with Crippen molar-refractivity contribution >= 4 is 21.8 Å². The van der Waals surface area contributed by atoms with Crippen LogP contribution in [-0.4, -0.2) is 4.98 Å². The molecule has 5 aromatic rings. The van der Waals surface area contributed by atoms with Crippen LogP contribution in [0.1, 0.15) is 49.9 Å². The fourth-order valence-corrected chi connectivity index (χ4v) is 5.87. The summed E-state index contributed by atoms with van der Waals surface area (Å²) in [7, 11) is 0. The van der Waals surface area contributed by atoms with Gasteiger partial charge in [-0.05, 0) is 24.3 Å². The zero-order chi connectivity index (χ0) is 22.5. The number of para-hydroxylation sites is 2. The number of benzene rings is 4. The lowest BCUT2D eigenvalue weighted by molar-refractivity contribution is 0.419. The van der Waals surface area contributed by atoms with Gasteiger partial charge in [0.1, 0.15) is 23.0 Å². The molecule has 0 fully saturated rings. The maximum Gasteiger partial charge on any atom is 0.141 e. The second-order valence-electron chi connectivity index (χ2n) is 10.3. The van der Waals surface area contributed by atoms with Crippen molar-refractivity contribution in [2.45, 2.75) is 38.5 Å². The Bertz CT molecular complexity index is 1500. The average molecular weight is 432 g/mol. The van der Waals surface area contributed by atoms with Crippen LogP contribution in [0.2, 0.25) is 0 Å². The Kier molecular flexibility index (Phi) is 3.41. The van der Waals surface area contributed by atoms with Crippen molar-refractivity contribution in [3.63, 3.8) is 0 Å². The van der Waals surface area contributed by atoms with Gasteiger partial charge < -0.3 is 14.5 Å². The zero-order valence-electron chi connectivity index (χ0n) is 19.2. The number of rotatable bonds is 0. The molecule has 0 radical (unpaired) electrons. The third kappa shape index (κ3) is 2.29. The third-order valence-corrected chi connectivity index (χ3v) is 7.73. The predicted octanol–water partition coefficient (Wildman–Crippen LogP) is 8.18. The Labute approximate surface area is 193 Å². The molecule has 3 nitrogen and oxygen atoms in total. The van der Waals surface area contributed by atoms with Crippen LogP contribution < -0.4 is 9.47 Å². The first kappa shape index (κ1) is 18.8. The Hall–Kier alpha value is -3.72. The van der Waals surface area contributed by atoms with E-state index in [1.165, 1.54) is 22.3 Å². The van der Waals surface area contributed by atoms with Gasteiger partial charge in [-0.25, -0.2) is 0 Å². The average Bonchev–Trinajstić information content (AvgIpc) is 3.19. The second-order valence-corrected chi connectivity index (χ2v) is 10.3. The molecular weight excluding hydrogens is 406 g/mol. The molecule has 0 saturated carbocycles. The van der Waals surface area contributed by atoms with E-state index in [9.17, 15) is 0 Å². The normalized spacial score (nSPS) is 16.8. The van der Waals surface area contributed by atoms with Crippen LogP contribution in [0.25, 0.3) is 21.8 Å². The molecule has 3 heteroatoms. The number of aromatic nitrogens is 1. The standard InChI is InChI=1S/C30H25NO2/c1-29(2)17-9-5-7-11-23(17)32-27-19(29)13-15-21-25(27)26-22(31-21)16-14-20-28(26)33-24-12-8-6-10-18(24)30(20,3)4/h5-16,31H,1-4H3. The summed E-state index contributed by atoms with van der Waals surface area (Å²) >= 11 is 0. The van der Waals surface area contributed by atoms with Gasteiger partial charge in [0.15, 0.2) is 0 Å². The van der Waals surface area contributed by atoms with Gasteiger partial charge in [0.05, 0.1) is 21.8 Å². The topological polar surface area (TPSA) is 34.2 Å². The molecular formula is C30H25NO2. The van der Waals surface area contributed by atoms with Crippen molar-refractivity contribution in [3.8, 4) is 23.0 Å². The molecule has 1 aromatic heterocycles. The van der Waals surface area contributed by atoms with Crippen molar-refractivity contribution in [3.05, 3.63) is 95.1 Å². The Morgan fingerprint density at radius 3 is 1.39 bits per heavy atom. The molecule has 0 saturated heterocycles. The molecule has 2 aliphatic rings. The number of fused-ring (bicyclic) bond motifs is 9.